The molecule has 0 heterocycles. The van der Waals surface area contributed by atoms with Crippen LogP contribution >= 0.6 is 15.9 Å². The Kier molecular flexibility index (Phi) is 2.69. The summed E-state index contributed by atoms with van der Waals surface area (Å²) >= 11 is 3.42. The van der Waals surface area contributed by atoms with E-state index in [4.69, 9.17) is 0 Å². The average molecular weight is 247 g/mol. The van der Waals surface area contributed by atoms with Gasteiger partial charge in [-0.05, 0) is 28.0 Å². The first-order chi connectivity index (χ1) is 6.81. The van der Waals surface area contributed by atoms with Gasteiger partial charge in [-0.25, -0.2) is 0 Å². The largest absolute Gasteiger partial charge is 0.0944 e. The van der Waals surface area contributed by atoms with Gasteiger partial charge in [0.1, 0.15) is 0 Å². The molecular formula is C13H11Br. The molecular weight excluding hydrogens is 236 g/mol. The Labute approximate surface area is 92.4 Å². The maximum Gasteiger partial charge on any atom is 0.0283 e. The highest BCUT2D eigenvalue weighted by atomic mass is 79.9. The summed E-state index contributed by atoms with van der Waals surface area (Å²) < 4.78 is 0. The summed E-state index contributed by atoms with van der Waals surface area (Å²) in [4.78, 5) is 0. The Balaban J connectivity index is 2.56. The van der Waals surface area contributed by atoms with Crippen LogP contribution < -0.4 is 0 Å². The Hall–Kier alpha value is -1.08. The molecule has 0 amide bonds. The fraction of sp³-hybridized carbons (Fsp3) is 0.0769. The minimum atomic E-state index is 0.825. The molecule has 0 saturated heterocycles. The number of halogens is 1. The number of hydrogen-bond donors (Lipinski definition) is 0. The van der Waals surface area contributed by atoms with E-state index in [2.05, 4.69) is 65.0 Å². The fourth-order valence-corrected chi connectivity index (χ4v) is 1.81. The van der Waals surface area contributed by atoms with Crippen molar-refractivity contribution in [3.8, 4) is 0 Å². The number of rotatable bonds is 2. The van der Waals surface area contributed by atoms with Crippen LogP contribution in [0.1, 0.15) is 5.56 Å². The van der Waals surface area contributed by atoms with Crippen molar-refractivity contribution in [2.24, 2.45) is 0 Å². The predicted molar refractivity (Wildman–Crippen MR) is 66.8 cm³/mol. The summed E-state index contributed by atoms with van der Waals surface area (Å²) in [6.07, 6.45) is 0. The van der Waals surface area contributed by atoms with E-state index in [0.717, 1.165) is 10.9 Å². The van der Waals surface area contributed by atoms with Crippen molar-refractivity contribution in [1.82, 2.24) is 0 Å². The third-order valence-electron chi connectivity index (χ3n) is 2.32. The standard InChI is InChI=1S/C13H11Br/c1-10(9-14)12-7-6-11-4-2-3-5-13(11)8-12/h2-8H,1,9H2. The first-order valence-corrected chi connectivity index (χ1v) is 5.66. The zero-order chi connectivity index (χ0) is 9.97. The van der Waals surface area contributed by atoms with Gasteiger partial charge in [0, 0.05) is 5.33 Å². The van der Waals surface area contributed by atoms with Gasteiger partial charge in [0.15, 0.2) is 0 Å². The minimum Gasteiger partial charge on any atom is -0.0944 e. The molecule has 1 heteroatoms. The Morgan fingerprint density at radius 1 is 1.07 bits per heavy atom. The molecule has 0 aliphatic heterocycles. The van der Waals surface area contributed by atoms with Crippen molar-refractivity contribution >= 4 is 32.3 Å². The minimum absolute atomic E-state index is 0.825. The van der Waals surface area contributed by atoms with E-state index in [1.54, 1.807) is 0 Å². The van der Waals surface area contributed by atoms with Gasteiger partial charge in [-0.3, -0.25) is 0 Å². The molecule has 0 aromatic heterocycles. The fourth-order valence-electron chi connectivity index (χ4n) is 1.49. The van der Waals surface area contributed by atoms with Crippen LogP contribution in [-0.2, 0) is 0 Å². The Morgan fingerprint density at radius 3 is 2.50 bits per heavy atom. The van der Waals surface area contributed by atoms with E-state index in [-0.39, 0.29) is 0 Å². The molecule has 2 rings (SSSR count). The first-order valence-electron chi connectivity index (χ1n) is 4.54. The molecule has 0 nitrogen and oxygen atoms in total. The predicted octanol–water partition coefficient (Wildman–Crippen LogP) is 4.25. The first kappa shape index (κ1) is 9.47. The molecule has 0 atom stereocenters. The molecule has 0 fully saturated rings. The highest BCUT2D eigenvalue weighted by Gasteiger charge is 1.98. The van der Waals surface area contributed by atoms with Gasteiger partial charge in [0.2, 0.25) is 0 Å². The lowest BCUT2D eigenvalue weighted by Crippen LogP contribution is -1.83. The van der Waals surface area contributed by atoms with Crippen LogP contribution in [0.3, 0.4) is 0 Å². The normalized spacial score (nSPS) is 10.4. The molecule has 2 aromatic rings. The lowest BCUT2D eigenvalue weighted by molar-refractivity contribution is 1.64. The molecule has 0 saturated carbocycles. The van der Waals surface area contributed by atoms with Crippen molar-refractivity contribution in [3.05, 3.63) is 54.6 Å². The average Bonchev–Trinajstić information content (AvgIpc) is 2.27. The van der Waals surface area contributed by atoms with Crippen LogP contribution in [0, 0.1) is 0 Å². The van der Waals surface area contributed by atoms with Crippen molar-refractivity contribution in [1.29, 1.82) is 0 Å². The molecule has 14 heavy (non-hydrogen) atoms. The summed E-state index contributed by atoms with van der Waals surface area (Å²) in [6.45, 7) is 4.00. The van der Waals surface area contributed by atoms with Gasteiger partial charge >= 0.3 is 0 Å². The van der Waals surface area contributed by atoms with Gasteiger partial charge in [-0.2, -0.15) is 0 Å². The highest BCUT2D eigenvalue weighted by Crippen LogP contribution is 2.21. The van der Waals surface area contributed by atoms with E-state index in [1.165, 1.54) is 16.3 Å². The molecule has 70 valence electrons. The molecule has 2 aromatic carbocycles. The molecule has 0 N–H and O–H groups in total. The second-order valence-electron chi connectivity index (χ2n) is 3.30. The summed E-state index contributed by atoms with van der Waals surface area (Å²) in [5.74, 6) is 0. The van der Waals surface area contributed by atoms with Crippen molar-refractivity contribution in [2.75, 3.05) is 5.33 Å². The lowest BCUT2D eigenvalue weighted by Gasteiger charge is -2.03. The van der Waals surface area contributed by atoms with Crippen LogP contribution in [0.4, 0.5) is 0 Å². The smallest absolute Gasteiger partial charge is 0.0283 e. The number of allylic oxidation sites excluding steroid dienone is 1. The van der Waals surface area contributed by atoms with E-state index in [9.17, 15) is 0 Å². The van der Waals surface area contributed by atoms with E-state index < -0.39 is 0 Å². The van der Waals surface area contributed by atoms with Crippen LogP contribution in [0.2, 0.25) is 0 Å². The molecule has 0 unspecified atom stereocenters. The van der Waals surface area contributed by atoms with Crippen molar-refractivity contribution in [3.63, 3.8) is 0 Å². The zero-order valence-electron chi connectivity index (χ0n) is 7.83. The lowest BCUT2D eigenvalue weighted by atomic mass is 10.0. The van der Waals surface area contributed by atoms with Crippen LogP contribution in [0.25, 0.3) is 16.3 Å². The van der Waals surface area contributed by atoms with Crippen molar-refractivity contribution < 1.29 is 0 Å². The van der Waals surface area contributed by atoms with Crippen LogP contribution in [-0.4, -0.2) is 5.33 Å². The van der Waals surface area contributed by atoms with Gasteiger partial charge < -0.3 is 0 Å². The Bertz CT molecular complexity index is 471. The zero-order valence-corrected chi connectivity index (χ0v) is 9.42. The van der Waals surface area contributed by atoms with Gasteiger partial charge in [-0.1, -0.05) is 58.9 Å². The van der Waals surface area contributed by atoms with E-state index in [0.29, 0.717) is 0 Å². The number of alkyl halides is 1. The monoisotopic (exact) mass is 246 g/mol. The molecule has 0 spiro atoms. The van der Waals surface area contributed by atoms with Gasteiger partial charge in [0.05, 0.1) is 0 Å². The number of fused-ring (bicyclic) bond motifs is 1. The third-order valence-corrected chi connectivity index (χ3v) is 3.00. The van der Waals surface area contributed by atoms with E-state index >= 15 is 0 Å². The van der Waals surface area contributed by atoms with Crippen LogP contribution in [0.5, 0.6) is 0 Å². The summed E-state index contributed by atoms with van der Waals surface area (Å²) in [5, 5.41) is 3.37. The summed E-state index contributed by atoms with van der Waals surface area (Å²) in [7, 11) is 0. The topological polar surface area (TPSA) is 0 Å². The Morgan fingerprint density at radius 2 is 1.79 bits per heavy atom. The quantitative estimate of drug-likeness (QED) is 0.696. The molecule has 0 aliphatic rings. The SMILES string of the molecule is C=C(CBr)c1ccc2ccccc2c1. The third kappa shape index (κ3) is 1.73. The molecule has 0 bridgehead atoms. The maximum absolute atomic E-state index is 4.00. The summed E-state index contributed by atoms with van der Waals surface area (Å²) in [5.41, 5.74) is 2.33. The molecule has 0 aliphatic carbocycles. The van der Waals surface area contributed by atoms with Crippen molar-refractivity contribution in [2.45, 2.75) is 0 Å². The van der Waals surface area contributed by atoms with Gasteiger partial charge in [0.25, 0.3) is 0 Å². The number of benzene rings is 2. The number of hydrogen-bond acceptors (Lipinski definition) is 0. The van der Waals surface area contributed by atoms with E-state index in [1.807, 2.05) is 0 Å². The second-order valence-corrected chi connectivity index (χ2v) is 3.86. The maximum atomic E-state index is 4.00. The highest BCUT2D eigenvalue weighted by molar-refractivity contribution is 9.09. The van der Waals surface area contributed by atoms with Gasteiger partial charge in [-0.15, -0.1) is 0 Å². The van der Waals surface area contributed by atoms with Crippen LogP contribution in [0.15, 0.2) is 49.0 Å². The summed E-state index contributed by atoms with van der Waals surface area (Å²) in [6, 6.07) is 14.8. The second kappa shape index (κ2) is 3.97. The molecule has 0 radical (unpaired) electrons.